The molecule has 0 bridgehead atoms. The van der Waals surface area contributed by atoms with E-state index >= 15 is 0 Å². The van der Waals surface area contributed by atoms with E-state index in [1.165, 1.54) is 0 Å². The van der Waals surface area contributed by atoms with Gasteiger partial charge in [0.1, 0.15) is 0 Å². The number of carbonyl (C=O) groups is 2. The van der Waals surface area contributed by atoms with Crippen LogP contribution in [0.2, 0.25) is 0 Å². The molecule has 3 aromatic rings. The number of amides is 2. The fraction of sp³-hybridized carbons (Fsp3) is 0.273. The van der Waals surface area contributed by atoms with Gasteiger partial charge in [0.15, 0.2) is 0 Å². The van der Waals surface area contributed by atoms with Gasteiger partial charge in [-0.25, -0.2) is 0 Å². The van der Waals surface area contributed by atoms with E-state index < -0.39 is 0 Å². The van der Waals surface area contributed by atoms with Crippen molar-refractivity contribution in [1.82, 2.24) is 15.1 Å². The van der Waals surface area contributed by atoms with Gasteiger partial charge >= 0.3 is 0 Å². The van der Waals surface area contributed by atoms with Crippen molar-refractivity contribution in [2.45, 2.75) is 19.8 Å². The highest BCUT2D eigenvalue weighted by molar-refractivity contribution is 5.95. The zero-order valence-electron chi connectivity index (χ0n) is 16.2. The lowest BCUT2D eigenvalue weighted by Gasteiger charge is -2.31. The van der Waals surface area contributed by atoms with Gasteiger partial charge in [-0.1, -0.05) is 17.7 Å². The lowest BCUT2D eigenvalue weighted by molar-refractivity contribution is -0.123. The van der Waals surface area contributed by atoms with Gasteiger partial charge in [0.25, 0.3) is 5.91 Å². The van der Waals surface area contributed by atoms with Crippen molar-refractivity contribution < 1.29 is 14.0 Å². The predicted octanol–water partition coefficient (Wildman–Crippen LogP) is 3.05. The molecule has 0 spiro atoms. The number of aryl methyl sites for hydroxylation is 1. The molecule has 0 aliphatic carbocycles. The molecule has 7 nitrogen and oxygen atoms in total. The molecule has 4 rings (SSSR count). The Bertz CT molecular complexity index is 1040. The fourth-order valence-electron chi connectivity index (χ4n) is 3.57. The highest BCUT2D eigenvalue weighted by Gasteiger charge is 2.27. The van der Waals surface area contributed by atoms with E-state index in [0.717, 1.165) is 29.5 Å². The zero-order valence-corrected chi connectivity index (χ0v) is 16.2. The average Bonchev–Trinajstić information content (AvgIpc) is 3.24. The third-order valence-corrected chi connectivity index (χ3v) is 5.18. The Kier molecular flexibility index (Phi) is 5.12. The van der Waals surface area contributed by atoms with E-state index in [2.05, 4.69) is 10.2 Å². The minimum Gasteiger partial charge on any atom is -0.416 e. The Morgan fingerprint density at radius 2 is 1.79 bits per heavy atom. The molecule has 7 heteroatoms. The van der Waals surface area contributed by atoms with E-state index in [-0.39, 0.29) is 17.7 Å². The van der Waals surface area contributed by atoms with Crippen molar-refractivity contribution in [3.63, 3.8) is 0 Å². The molecule has 2 N–H and O–H groups in total. The first-order valence-electron chi connectivity index (χ1n) is 9.61. The lowest BCUT2D eigenvalue weighted by atomic mass is 9.97. The Balaban J connectivity index is 1.50. The van der Waals surface area contributed by atoms with E-state index in [1.54, 1.807) is 29.2 Å². The molecular formula is C22H22N4O3. The number of hydrogen-bond acceptors (Lipinski definition) is 5. The number of hydrogen-bond donors (Lipinski definition) is 1. The molecule has 0 radical (unpaired) electrons. The first-order chi connectivity index (χ1) is 14.0. The van der Waals surface area contributed by atoms with Gasteiger partial charge in [-0.2, -0.15) is 0 Å². The highest BCUT2D eigenvalue weighted by Crippen LogP contribution is 2.25. The van der Waals surface area contributed by atoms with Gasteiger partial charge in [0.2, 0.25) is 17.7 Å². The van der Waals surface area contributed by atoms with E-state index in [0.29, 0.717) is 30.4 Å². The van der Waals surface area contributed by atoms with Crippen LogP contribution in [0.5, 0.6) is 0 Å². The lowest BCUT2D eigenvalue weighted by Crippen LogP contribution is -2.44. The largest absolute Gasteiger partial charge is 0.416 e. The Labute approximate surface area is 168 Å². The predicted molar refractivity (Wildman–Crippen MR) is 108 cm³/mol. The van der Waals surface area contributed by atoms with Gasteiger partial charge in [0, 0.05) is 29.8 Å². The quantitative estimate of drug-likeness (QED) is 0.738. The molecule has 2 aromatic carbocycles. The number of carbonyl (C=O) groups excluding carboxylic acids is 2. The molecule has 1 aliphatic heterocycles. The van der Waals surface area contributed by atoms with Crippen molar-refractivity contribution in [1.29, 1.82) is 0 Å². The number of primary amides is 1. The Hall–Kier alpha value is -3.48. The third-order valence-electron chi connectivity index (χ3n) is 5.18. The fourth-order valence-corrected chi connectivity index (χ4v) is 3.57. The molecule has 0 saturated carbocycles. The molecule has 1 aliphatic rings. The second kappa shape index (κ2) is 7.87. The number of nitrogens with zero attached hydrogens (tertiary/aromatic N) is 3. The minimum absolute atomic E-state index is 0.103. The maximum Gasteiger partial charge on any atom is 0.253 e. The van der Waals surface area contributed by atoms with Gasteiger partial charge in [0.05, 0.1) is 5.92 Å². The van der Waals surface area contributed by atoms with Crippen molar-refractivity contribution in [3.05, 3.63) is 59.7 Å². The first kappa shape index (κ1) is 18.9. The van der Waals surface area contributed by atoms with E-state index in [1.807, 2.05) is 31.2 Å². The van der Waals surface area contributed by atoms with Crippen LogP contribution in [0.15, 0.2) is 52.9 Å². The molecule has 1 fully saturated rings. The van der Waals surface area contributed by atoms with Crippen LogP contribution in [-0.2, 0) is 4.79 Å². The van der Waals surface area contributed by atoms with Crippen LogP contribution in [-0.4, -0.2) is 40.0 Å². The summed E-state index contributed by atoms with van der Waals surface area (Å²) in [4.78, 5) is 25.9. The summed E-state index contributed by atoms with van der Waals surface area (Å²) in [5.74, 6) is 0.125. The summed E-state index contributed by atoms with van der Waals surface area (Å²) in [6.45, 7) is 3.01. The number of nitrogens with two attached hydrogens (primary N) is 1. The summed E-state index contributed by atoms with van der Waals surface area (Å²) in [6.07, 6.45) is 1.51. The summed E-state index contributed by atoms with van der Waals surface area (Å²) < 4.78 is 5.80. The maximum atomic E-state index is 12.8. The van der Waals surface area contributed by atoms with Crippen LogP contribution in [0.4, 0.5) is 0 Å². The SMILES string of the molecule is Cc1cccc(-c2nnc(-c3ccc(C(=O)N4CCCC(C(N)=O)C4)cc3)o2)c1. The molecule has 29 heavy (non-hydrogen) atoms. The molecule has 1 unspecified atom stereocenters. The van der Waals surface area contributed by atoms with Crippen LogP contribution in [0.3, 0.4) is 0 Å². The highest BCUT2D eigenvalue weighted by atomic mass is 16.4. The number of aromatic nitrogens is 2. The van der Waals surface area contributed by atoms with E-state index in [9.17, 15) is 9.59 Å². The smallest absolute Gasteiger partial charge is 0.253 e. The van der Waals surface area contributed by atoms with Crippen LogP contribution in [0, 0.1) is 12.8 Å². The second-order valence-electron chi connectivity index (χ2n) is 7.35. The number of benzene rings is 2. The molecule has 2 heterocycles. The van der Waals surface area contributed by atoms with Crippen molar-refractivity contribution >= 4 is 11.8 Å². The summed E-state index contributed by atoms with van der Waals surface area (Å²) >= 11 is 0. The van der Waals surface area contributed by atoms with Gasteiger partial charge in [-0.3, -0.25) is 9.59 Å². The van der Waals surface area contributed by atoms with E-state index in [4.69, 9.17) is 10.2 Å². The number of piperidine rings is 1. The monoisotopic (exact) mass is 390 g/mol. The molecular weight excluding hydrogens is 368 g/mol. The first-order valence-corrected chi connectivity index (χ1v) is 9.61. The Morgan fingerprint density at radius 1 is 1.07 bits per heavy atom. The van der Waals surface area contributed by atoms with Crippen molar-refractivity contribution in [2.75, 3.05) is 13.1 Å². The zero-order chi connectivity index (χ0) is 20.4. The molecule has 1 saturated heterocycles. The molecule has 1 aromatic heterocycles. The van der Waals surface area contributed by atoms with Crippen molar-refractivity contribution in [2.24, 2.45) is 11.7 Å². The van der Waals surface area contributed by atoms with Crippen LogP contribution in [0.25, 0.3) is 22.9 Å². The third kappa shape index (κ3) is 4.03. The summed E-state index contributed by atoms with van der Waals surface area (Å²) in [5.41, 5.74) is 8.67. The van der Waals surface area contributed by atoms with Crippen LogP contribution < -0.4 is 5.73 Å². The summed E-state index contributed by atoms with van der Waals surface area (Å²) in [6, 6.07) is 14.9. The molecule has 1 atom stereocenters. The topological polar surface area (TPSA) is 102 Å². The van der Waals surface area contributed by atoms with Crippen molar-refractivity contribution in [3.8, 4) is 22.9 Å². The van der Waals surface area contributed by atoms with Crippen LogP contribution in [0.1, 0.15) is 28.8 Å². The van der Waals surface area contributed by atoms with Gasteiger partial charge < -0.3 is 15.1 Å². The molecule has 2 amide bonds. The summed E-state index contributed by atoms with van der Waals surface area (Å²) in [5, 5.41) is 8.25. The minimum atomic E-state index is -0.348. The van der Waals surface area contributed by atoms with Crippen LogP contribution >= 0.6 is 0 Å². The average molecular weight is 390 g/mol. The Morgan fingerprint density at radius 3 is 2.48 bits per heavy atom. The molecule has 148 valence electrons. The number of likely N-dealkylation sites (tertiary alicyclic amines) is 1. The maximum absolute atomic E-state index is 12.8. The number of rotatable bonds is 4. The van der Waals surface area contributed by atoms with Gasteiger partial charge in [-0.05, 0) is 56.2 Å². The van der Waals surface area contributed by atoms with Gasteiger partial charge in [-0.15, -0.1) is 10.2 Å². The standard InChI is InChI=1S/C22H22N4O3/c1-14-4-2-5-17(12-14)21-25-24-20(29-21)15-7-9-16(10-8-15)22(28)26-11-3-6-18(13-26)19(23)27/h2,4-5,7-10,12,18H,3,6,11,13H2,1H3,(H2,23,27). The normalized spacial score (nSPS) is 16.6. The second-order valence-corrected chi connectivity index (χ2v) is 7.35. The summed E-state index contributed by atoms with van der Waals surface area (Å²) in [7, 11) is 0.